The molecule has 0 aromatic carbocycles. The third kappa shape index (κ3) is 3.37. The van der Waals surface area contributed by atoms with E-state index in [-0.39, 0.29) is 23.0 Å². The van der Waals surface area contributed by atoms with Gasteiger partial charge in [-0.15, -0.1) is 0 Å². The van der Waals surface area contributed by atoms with E-state index in [0.29, 0.717) is 42.7 Å². The van der Waals surface area contributed by atoms with E-state index in [4.69, 9.17) is 4.74 Å². The highest BCUT2D eigenvalue weighted by Gasteiger charge is 2.61. The van der Waals surface area contributed by atoms with Crippen molar-refractivity contribution in [3.63, 3.8) is 0 Å². The summed E-state index contributed by atoms with van der Waals surface area (Å²) in [7, 11) is 2.02. The molecule has 164 valence electrons. The molecule has 1 N–H and O–H groups in total. The maximum Gasteiger partial charge on any atom is 0.407 e. The SMILES string of the molecule is CC(C)COC(=O)NC1CC[C@H]2[C@@H]3CCC4N(C)C(=O)CC[C@]4(C)[C@@H]3CC[C@]12C. The van der Waals surface area contributed by atoms with Crippen LogP contribution in [0, 0.1) is 34.5 Å². The smallest absolute Gasteiger partial charge is 0.407 e. The number of likely N-dealkylation sites (tertiary alicyclic amines) is 1. The van der Waals surface area contributed by atoms with Gasteiger partial charge in [-0.3, -0.25) is 4.79 Å². The zero-order chi connectivity index (χ0) is 21.0. The van der Waals surface area contributed by atoms with E-state index in [1.165, 1.54) is 25.7 Å². The number of piperidine rings is 1. The lowest BCUT2D eigenvalue weighted by Crippen LogP contribution is -2.62. The van der Waals surface area contributed by atoms with E-state index in [1.807, 2.05) is 7.05 Å². The maximum absolute atomic E-state index is 12.3. The summed E-state index contributed by atoms with van der Waals surface area (Å²) in [5.41, 5.74) is 0.437. The topological polar surface area (TPSA) is 58.6 Å². The fourth-order valence-corrected chi connectivity index (χ4v) is 7.81. The lowest BCUT2D eigenvalue weighted by Gasteiger charge is -2.61. The lowest BCUT2D eigenvalue weighted by atomic mass is 9.47. The van der Waals surface area contributed by atoms with Gasteiger partial charge < -0.3 is 15.0 Å². The van der Waals surface area contributed by atoms with Crippen LogP contribution < -0.4 is 5.32 Å². The summed E-state index contributed by atoms with van der Waals surface area (Å²) in [6.45, 7) is 9.49. The number of nitrogens with one attached hydrogen (secondary N) is 1. The van der Waals surface area contributed by atoms with Gasteiger partial charge >= 0.3 is 6.09 Å². The molecule has 5 nitrogen and oxygen atoms in total. The summed E-state index contributed by atoms with van der Waals surface area (Å²) in [4.78, 5) is 26.7. The van der Waals surface area contributed by atoms with Crippen molar-refractivity contribution < 1.29 is 14.3 Å². The average Bonchev–Trinajstić information content (AvgIpc) is 3.00. The minimum atomic E-state index is -0.240. The molecule has 1 saturated heterocycles. The van der Waals surface area contributed by atoms with Gasteiger partial charge in [0.2, 0.25) is 5.91 Å². The molecule has 2 unspecified atom stereocenters. The molecular weight excluding hydrogens is 364 g/mol. The van der Waals surface area contributed by atoms with Crippen LogP contribution in [0.15, 0.2) is 0 Å². The van der Waals surface area contributed by atoms with Crippen molar-refractivity contribution in [3.8, 4) is 0 Å². The molecule has 1 heterocycles. The summed E-state index contributed by atoms with van der Waals surface area (Å²) in [6, 6.07) is 0.643. The first-order chi connectivity index (χ1) is 13.7. The summed E-state index contributed by atoms with van der Waals surface area (Å²) in [5, 5.41) is 3.23. The van der Waals surface area contributed by atoms with Gasteiger partial charge in [0.1, 0.15) is 0 Å². The molecule has 2 amide bonds. The first kappa shape index (κ1) is 21.0. The first-order valence-corrected chi connectivity index (χ1v) is 11.9. The monoisotopic (exact) mass is 404 g/mol. The number of fused-ring (bicyclic) bond motifs is 5. The second-order valence-corrected chi connectivity index (χ2v) is 11.3. The standard InChI is InChI=1S/C24H40N2O3/c1-15(2)14-29-22(28)25-19-8-7-17-16-6-9-20-24(4,13-11-21(27)26(20)5)18(16)10-12-23(17,19)3/h15-20H,6-14H2,1-5H3,(H,25,28)/t16-,17-,18+,19?,20?,23-,24+/m0/s1. The van der Waals surface area contributed by atoms with Crippen molar-refractivity contribution in [2.75, 3.05) is 13.7 Å². The molecule has 0 radical (unpaired) electrons. The number of hydrogen-bond acceptors (Lipinski definition) is 3. The highest BCUT2D eigenvalue weighted by molar-refractivity contribution is 5.77. The van der Waals surface area contributed by atoms with Gasteiger partial charge in [-0.05, 0) is 79.4 Å². The second-order valence-electron chi connectivity index (χ2n) is 11.3. The molecule has 4 fully saturated rings. The normalized spacial score (nSPS) is 44.1. The Morgan fingerprint density at radius 1 is 1.10 bits per heavy atom. The highest BCUT2D eigenvalue weighted by Crippen LogP contribution is 2.64. The van der Waals surface area contributed by atoms with Crippen LogP contribution in [0.25, 0.3) is 0 Å². The van der Waals surface area contributed by atoms with Gasteiger partial charge in [0.25, 0.3) is 0 Å². The molecule has 4 rings (SSSR count). The van der Waals surface area contributed by atoms with E-state index in [2.05, 4.69) is 37.9 Å². The van der Waals surface area contributed by atoms with Crippen molar-refractivity contribution in [1.29, 1.82) is 0 Å². The van der Waals surface area contributed by atoms with Crippen molar-refractivity contribution in [2.24, 2.45) is 34.5 Å². The number of carbonyl (C=O) groups is 2. The van der Waals surface area contributed by atoms with Crippen LogP contribution in [-0.2, 0) is 9.53 Å². The third-order valence-corrected chi connectivity index (χ3v) is 9.40. The van der Waals surface area contributed by atoms with Gasteiger partial charge in [-0.2, -0.15) is 0 Å². The van der Waals surface area contributed by atoms with E-state index in [9.17, 15) is 9.59 Å². The number of nitrogens with zero attached hydrogens (tertiary/aromatic N) is 1. The van der Waals surface area contributed by atoms with Crippen molar-refractivity contribution in [2.45, 2.75) is 91.1 Å². The minimum Gasteiger partial charge on any atom is -0.449 e. The molecule has 29 heavy (non-hydrogen) atoms. The van der Waals surface area contributed by atoms with Crippen LogP contribution in [0.2, 0.25) is 0 Å². The zero-order valence-corrected chi connectivity index (χ0v) is 19.0. The quantitative estimate of drug-likeness (QED) is 0.748. The Kier molecular flexibility index (Phi) is 5.40. The number of alkyl carbamates (subject to hydrolysis) is 1. The zero-order valence-electron chi connectivity index (χ0n) is 19.0. The molecule has 4 aliphatic rings. The summed E-state index contributed by atoms with van der Waals surface area (Å²) in [5.74, 6) is 2.81. The van der Waals surface area contributed by atoms with Gasteiger partial charge in [0.15, 0.2) is 0 Å². The summed E-state index contributed by atoms with van der Waals surface area (Å²) < 4.78 is 5.42. The molecule has 5 heteroatoms. The Balaban J connectivity index is 1.48. The molecule has 0 aromatic rings. The Hall–Kier alpha value is -1.26. The van der Waals surface area contributed by atoms with E-state index in [0.717, 1.165) is 25.2 Å². The molecule has 3 aliphatic carbocycles. The predicted octanol–water partition coefficient (Wildman–Crippen LogP) is 4.60. The predicted molar refractivity (Wildman–Crippen MR) is 113 cm³/mol. The van der Waals surface area contributed by atoms with Crippen molar-refractivity contribution in [1.82, 2.24) is 10.2 Å². The summed E-state index contributed by atoms with van der Waals surface area (Å²) in [6.07, 6.45) is 8.57. The average molecular weight is 405 g/mol. The molecule has 1 aliphatic heterocycles. The Labute approximate surface area is 176 Å². The minimum absolute atomic E-state index is 0.178. The maximum atomic E-state index is 12.3. The van der Waals surface area contributed by atoms with Crippen LogP contribution >= 0.6 is 0 Å². The van der Waals surface area contributed by atoms with Crippen molar-refractivity contribution >= 4 is 12.0 Å². The molecule has 0 bridgehead atoms. The fraction of sp³-hybridized carbons (Fsp3) is 0.917. The van der Waals surface area contributed by atoms with E-state index in [1.54, 1.807) is 0 Å². The first-order valence-electron chi connectivity index (χ1n) is 11.9. The number of amides is 2. The van der Waals surface area contributed by atoms with Crippen LogP contribution in [0.5, 0.6) is 0 Å². The number of hydrogen-bond donors (Lipinski definition) is 1. The number of ether oxygens (including phenoxy) is 1. The molecular formula is C24H40N2O3. The lowest BCUT2D eigenvalue weighted by molar-refractivity contribution is -0.157. The van der Waals surface area contributed by atoms with Gasteiger partial charge in [-0.1, -0.05) is 27.7 Å². The Morgan fingerprint density at radius 3 is 2.55 bits per heavy atom. The molecule has 0 spiro atoms. The third-order valence-electron chi connectivity index (χ3n) is 9.40. The largest absolute Gasteiger partial charge is 0.449 e. The van der Waals surface area contributed by atoms with Crippen LogP contribution in [0.1, 0.15) is 79.1 Å². The van der Waals surface area contributed by atoms with Gasteiger partial charge in [-0.25, -0.2) is 4.79 Å². The van der Waals surface area contributed by atoms with Crippen LogP contribution in [0.3, 0.4) is 0 Å². The van der Waals surface area contributed by atoms with E-state index < -0.39 is 0 Å². The fourth-order valence-electron chi connectivity index (χ4n) is 7.81. The molecule has 7 atom stereocenters. The highest BCUT2D eigenvalue weighted by atomic mass is 16.5. The summed E-state index contributed by atoms with van der Waals surface area (Å²) >= 11 is 0. The Bertz CT molecular complexity index is 665. The Morgan fingerprint density at radius 2 is 1.83 bits per heavy atom. The van der Waals surface area contributed by atoms with Gasteiger partial charge in [0, 0.05) is 25.6 Å². The van der Waals surface area contributed by atoms with E-state index >= 15 is 0 Å². The molecule has 3 saturated carbocycles. The van der Waals surface area contributed by atoms with Crippen LogP contribution in [-0.4, -0.2) is 42.6 Å². The van der Waals surface area contributed by atoms with Crippen molar-refractivity contribution in [3.05, 3.63) is 0 Å². The van der Waals surface area contributed by atoms with Crippen LogP contribution in [0.4, 0.5) is 4.79 Å². The number of carbonyl (C=O) groups excluding carboxylic acids is 2. The second kappa shape index (κ2) is 7.46. The number of rotatable bonds is 3. The van der Waals surface area contributed by atoms with Gasteiger partial charge in [0.05, 0.1) is 6.61 Å². The molecule has 0 aromatic heterocycles.